The van der Waals surface area contributed by atoms with Crippen LogP contribution < -0.4 is 10.6 Å². The first kappa shape index (κ1) is 23.1. The van der Waals surface area contributed by atoms with Crippen LogP contribution >= 0.6 is 11.3 Å². The number of phenols is 1. The molecule has 3 aromatic carbocycles. The lowest BCUT2D eigenvalue weighted by Gasteiger charge is -2.12. The van der Waals surface area contributed by atoms with Gasteiger partial charge in [-0.25, -0.2) is 0 Å². The Morgan fingerprint density at radius 3 is 2.41 bits per heavy atom. The number of benzene rings is 3. The van der Waals surface area contributed by atoms with Crippen LogP contribution in [0.2, 0.25) is 0 Å². The van der Waals surface area contributed by atoms with Crippen LogP contribution in [0, 0.1) is 20.8 Å². The Balaban J connectivity index is 1.80. The summed E-state index contributed by atoms with van der Waals surface area (Å²) in [5, 5.41) is 26.8. The Morgan fingerprint density at radius 2 is 1.68 bits per heavy atom. The second kappa shape index (κ2) is 9.44. The van der Waals surface area contributed by atoms with Gasteiger partial charge < -0.3 is 15.7 Å². The van der Waals surface area contributed by atoms with Crippen molar-refractivity contribution in [2.45, 2.75) is 20.8 Å². The van der Waals surface area contributed by atoms with E-state index in [0.717, 1.165) is 21.4 Å². The Labute approximate surface area is 201 Å². The molecule has 0 saturated carbocycles. The van der Waals surface area contributed by atoms with E-state index in [-0.39, 0.29) is 22.9 Å². The van der Waals surface area contributed by atoms with E-state index in [1.54, 1.807) is 31.3 Å². The van der Waals surface area contributed by atoms with E-state index in [1.807, 2.05) is 51.1 Å². The molecule has 34 heavy (non-hydrogen) atoms. The minimum Gasteiger partial charge on any atom is -0.505 e. The SMILES string of the molecule is CNC(=O)c1c(/N=N/c2cc3ccccc3c(C(=O)Nc3cccc(C)c3)c2O)sc(C)c1C. The van der Waals surface area contributed by atoms with Crippen LogP contribution in [0.25, 0.3) is 10.8 Å². The highest BCUT2D eigenvalue weighted by molar-refractivity contribution is 7.16. The molecule has 0 fully saturated rings. The third-order valence-electron chi connectivity index (χ3n) is 5.57. The average molecular weight is 473 g/mol. The predicted molar refractivity (Wildman–Crippen MR) is 136 cm³/mol. The Hall–Kier alpha value is -4.04. The summed E-state index contributed by atoms with van der Waals surface area (Å²) in [6, 6.07) is 16.4. The molecule has 4 aromatic rings. The highest BCUT2D eigenvalue weighted by atomic mass is 32.1. The molecule has 0 saturated heterocycles. The van der Waals surface area contributed by atoms with Gasteiger partial charge in [0.25, 0.3) is 11.8 Å². The van der Waals surface area contributed by atoms with Crippen molar-refractivity contribution in [3.63, 3.8) is 0 Å². The second-order valence-electron chi connectivity index (χ2n) is 7.91. The maximum Gasteiger partial charge on any atom is 0.260 e. The number of hydrogen-bond acceptors (Lipinski definition) is 6. The number of anilines is 1. The molecule has 0 aliphatic rings. The molecule has 0 aliphatic carbocycles. The molecule has 1 aromatic heterocycles. The number of nitrogens with one attached hydrogen (secondary N) is 2. The lowest BCUT2D eigenvalue weighted by molar-refractivity contribution is 0.0962. The molecule has 7 nitrogen and oxygen atoms in total. The van der Waals surface area contributed by atoms with Crippen LogP contribution in [0.15, 0.2) is 64.8 Å². The number of rotatable bonds is 5. The van der Waals surface area contributed by atoms with Gasteiger partial charge in [-0.1, -0.05) is 36.4 Å². The van der Waals surface area contributed by atoms with Gasteiger partial charge in [0.2, 0.25) is 0 Å². The van der Waals surface area contributed by atoms with Crippen LogP contribution in [-0.4, -0.2) is 24.0 Å². The molecule has 1 heterocycles. The molecule has 3 N–H and O–H groups in total. The lowest BCUT2D eigenvalue weighted by atomic mass is 10.0. The van der Waals surface area contributed by atoms with Crippen LogP contribution in [0.5, 0.6) is 5.75 Å². The summed E-state index contributed by atoms with van der Waals surface area (Å²) in [5.74, 6) is -0.985. The van der Waals surface area contributed by atoms with Gasteiger partial charge in [-0.2, -0.15) is 0 Å². The van der Waals surface area contributed by atoms with E-state index in [1.165, 1.54) is 11.3 Å². The third-order valence-corrected chi connectivity index (χ3v) is 6.67. The van der Waals surface area contributed by atoms with E-state index in [9.17, 15) is 14.7 Å². The minimum atomic E-state index is -0.454. The number of aromatic hydroxyl groups is 1. The maximum atomic E-state index is 13.2. The fraction of sp³-hybridized carbons (Fsp3) is 0.154. The quantitative estimate of drug-likeness (QED) is 0.287. The van der Waals surface area contributed by atoms with Crippen molar-refractivity contribution in [2.24, 2.45) is 10.2 Å². The molecular formula is C26H24N4O3S. The summed E-state index contributed by atoms with van der Waals surface area (Å²) in [6.45, 7) is 5.70. The summed E-state index contributed by atoms with van der Waals surface area (Å²) in [7, 11) is 1.56. The first-order valence-corrected chi connectivity index (χ1v) is 11.5. The number of aryl methyl sites for hydroxylation is 2. The Morgan fingerprint density at radius 1 is 0.912 bits per heavy atom. The normalized spacial score (nSPS) is 11.2. The number of phenolic OH excluding ortho intramolecular Hbond substituents is 1. The molecule has 0 bridgehead atoms. The van der Waals surface area contributed by atoms with E-state index < -0.39 is 5.91 Å². The zero-order chi connectivity index (χ0) is 24.4. The first-order chi connectivity index (χ1) is 16.3. The van der Waals surface area contributed by atoms with E-state index in [2.05, 4.69) is 20.9 Å². The number of thiophene rings is 1. The fourth-order valence-corrected chi connectivity index (χ4v) is 4.69. The zero-order valence-corrected chi connectivity index (χ0v) is 20.1. The van der Waals surface area contributed by atoms with Crippen molar-refractivity contribution < 1.29 is 14.7 Å². The van der Waals surface area contributed by atoms with Gasteiger partial charge in [0, 0.05) is 17.6 Å². The van der Waals surface area contributed by atoms with Crippen molar-refractivity contribution >= 4 is 50.3 Å². The number of nitrogens with zero attached hydrogens (tertiary/aromatic N) is 2. The maximum absolute atomic E-state index is 13.2. The molecular weight excluding hydrogens is 448 g/mol. The molecule has 172 valence electrons. The van der Waals surface area contributed by atoms with Gasteiger partial charge in [0.15, 0.2) is 10.8 Å². The minimum absolute atomic E-state index is 0.110. The first-order valence-electron chi connectivity index (χ1n) is 10.7. The van der Waals surface area contributed by atoms with Gasteiger partial charge >= 0.3 is 0 Å². The van der Waals surface area contributed by atoms with Crippen molar-refractivity contribution in [1.29, 1.82) is 0 Å². The zero-order valence-electron chi connectivity index (χ0n) is 19.3. The molecule has 4 rings (SSSR count). The Bertz CT molecular complexity index is 1460. The lowest BCUT2D eigenvalue weighted by Crippen LogP contribution is -2.18. The molecule has 0 radical (unpaired) electrons. The number of azo groups is 1. The third kappa shape index (κ3) is 4.40. The standard InChI is InChI=1S/C26H24N4O3S/c1-14-8-7-10-18(12-14)28-25(33)22-19-11-6-5-9-17(19)13-20(23(22)31)29-30-26-21(24(32)27-4)15(2)16(3)34-26/h5-13,31H,1-4H3,(H,27,32)(H,28,33)/b30-29+. The van der Waals surface area contributed by atoms with E-state index >= 15 is 0 Å². The van der Waals surface area contributed by atoms with Gasteiger partial charge in [-0.05, 0) is 60.9 Å². The number of carbonyl (C=O) groups excluding carboxylic acids is 2. The summed E-state index contributed by atoms with van der Waals surface area (Å²) >= 11 is 1.34. The van der Waals surface area contributed by atoms with Crippen LogP contribution in [0.3, 0.4) is 0 Å². The van der Waals surface area contributed by atoms with Crippen LogP contribution in [0.1, 0.15) is 36.7 Å². The highest BCUT2D eigenvalue weighted by Crippen LogP contribution is 2.40. The monoisotopic (exact) mass is 472 g/mol. The number of fused-ring (bicyclic) bond motifs is 1. The smallest absolute Gasteiger partial charge is 0.260 e. The topological polar surface area (TPSA) is 103 Å². The van der Waals surface area contributed by atoms with Crippen molar-refractivity contribution in [2.75, 3.05) is 12.4 Å². The molecule has 0 atom stereocenters. The molecule has 0 unspecified atom stereocenters. The number of hydrogen-bond donors (Lipinski definition) is 3. The molecule has 0 spiro atoms. The molecule has 2 amide bonds. The number of carbonyl (C=O) groups is 2. The van der Waals surface area contributed by atoms with E-state index in [0.29, 0.717) is 21.6 Å². The molecule has 8 heteroatoms. The highest BCUT2D eigenvalue weighted by Gasteiger charge is 2.21. The van der Waals surface area contributed by atoms with E-state index in [4.69, 9.17) is 0 Å². The van der Waals surface area contributed by atoms with Gasteiger partial charge in [0.05, 0.1) is 11.1 Å². The van der Waals surface area contributed by atoms with Crippen molar-refractivity contribution in [1.82, 2.24) is 5.32 Å². The fourth-order valence-electron chi connectivity index (χ4n) is 3.72. The predicted octanol–water partition coefficient (Wildman–Crippen LogP) is 6.56. The van der Waals surface area contributed by atoms with Gasteiger partial charge in [0.1, 0.15) is 5.69 Å². The summed E-state index contributed by atoms with van der Waals surface area (Å²) < 4.78 is 0. The van der Waals surface area contributed by atoms with Crippen molar-refractivity contribution in [3.8, 4) is 5.75 Å². The Kier molecular flexibility index (Phi) is 6.43. The number of amides is 2. The van der Waals surface area contributed by atoms with Gasteiger partial charge in [-0.15, -0.1) is 21.6 Å². The summed E-state index contributed by atoms with van der Waals surface area (Å²) in [6.07, 6.45) is 0. The largest absolute Gasteiger partial charge is 0.505 e. The van der Waals surface area contributed by atoms with Crippen LogP contribution in [-0.2, 0) is 0 Å². The van der Waals surface area contributed by atoms with Gasteiger partial charge in [-0.3, -0.25) is 9.59 Å². The second-order valence-corrected chi connectivity index (χ2v) is 9.11. The summed E-state index contributed by atoms with van der Waals surface area (Å²) in [5.41, 5.74) is 3.16. The molecule has 0 aliphatic heterocycles. The van der Waals surface area contributed by atoms with Crippen LogP contribution in [0.4, 0.5) is 16.4 Å². The average Bonchev–Trinajstić information content (AvgIpc) is 3.10. The summed E-state index contributed by atoms with van der Waals surface area (Å²) in [4.78, 5) is 26.5. The van der Waals surface area contributed by atoms with Crippen molar-refractivity contribution in [3.05, 3.63) is 81.7 Å².